The Balaban J connectivity index is 2.58. The summed E-state index contributed by atoms with van der Waals surface area (Å²) < 4.78 is 0. The second kappa shape index (κ2) is 3.49. The number of amides is 1. The Morgan fingerprint density at radius 3 is 2.62 bits per heavy atom. The maximum Gasteiger partial charge on any atom is 0.241 e. The largest absolute Gasteiger partial charge is 0.341 e. The predicted molar refractivity (Wildman–Crippen MR) is 48.3 cm³/mol. The van der Waals surface area contributed by atoms with Gasteiger partial charge in [0.1, 0.15) is 5.41 Å². The summed E-state index contributed by atoms with van der Waals surface area (Å²) in [6.45, 7) is 1.72. The molecule has 1 fully saturated rings. The number of nitriles is 1. The van der Waals surface area contributed by atoms with E-state index in [9.17, 15) is 4.79 Å². The normalized spacial score (nSPS) is 20.2. The van der Waals surface area contributed by atoms with E-state index in [4.69, 9.17) is 11.7 Å². The molecule has 1 saturated carbocycles. The van der Waals surface area contributed by atoms with Gasteiger partial charge in [0.05, 0.1) is 12.1 Å². The van der Waals surface area contributed by atoms with Gasteiger partial charge in [-0.2, -0.15) is 5.26 Å². The number of nitrogens with zero attached hydrogens (tertiary/aromatic N) is 1. The first-order valence-electron chi connectivity index (χ1n) is 4.33. The van der Waals surface area contributed by atoms with E-state index in [-0.39, 0.29) is 11.9 Å². The van der Waals surface area contributed by atoms with Gasteiger partial charge in [0, 0.05) is 0 Å². The van der Waals surface area contributed by atoms with Crippen LogP contribution < -0.4 is 5.32 Å². The van der Waals surface area contributed by atoms with Crippen LogP contribution in [0.15, 0.2) is 0 Å². The summed E-state index contributed by atoms with van der Waals surface area (Å²) in [4.78, 5) is 11.5. The van der Waals surface area contributed by atoms with Crippen molar-refractivity contribution in [1.29, 1.82) is 5.26 Å². The monoisotopic (exact) mass is 176 g/mol. The molecule has 1 aliphatic rings. The first kappa shape index (κ1) is 9.61. The Morgan fingerprint density at radius 1 is 1.69 bits per heavy atom. The zero-order chi connectivity index (χ0) is 9.90. The van der Waals surface area contributed by atoms with Crippen molar-refractivity contribution < 1.29 is 4.79 Å². The van der Waals surface area contributed by atoms with Gasteiger partial charge in [-0.25, -0.2) is 0 Å². The Kier molecular flexibility index (Phi) is 2.58. The van der Waals surface area contributed by atoms with Crippen LogP contribution in [0.25, 0.3) is 0 Å². The Hall–Kier alpha value is -1.48. The lowest BCUT2D eigenvalue weighted by atomic mass is 9.69. The summed E-state index contributed by atoms with van der Waals surface area (Å²) in [6, 6.07) is 1.77. The summed E-state index contributed by atoms with van der Waals surface area (Å²) >= 11 is 0. The van der Waals surface area contributed by atoms with Crippen molar-refractivity contribution >= 4 is 5.91 Å². The van der Waals surface area contributed by atoms with Gasteiger partial charge in [0.2, 0.25) is 5.91 Å². The van der Waals surface area contributed by atoms with E-state index >= 15 is 0 Å². The third-order valence-electron chi connectivity index (χ3n) is 2.45. The van der Waals surface area contributed by atoms with Crippen LogP contribution in [0, 0.1) is 29.1 Å². The summed E-state index contributed by atoms with van der Waals surface area (Å²) in [5, 5.41) is 11.5. The first-order valence-corrected chi connectivity index (χ1v) is 4.33. The molecule has 0 aromatic rings. The Bertz CT molecular complexity index is 291. The molecule has 3 nitrogen and oxygen atoms in total. The molecular formula is C10H12N2O. The topological polar surface area (TPSA) is 52.9 Å². The average Bonchev–Trinajstić information content (AvgIpc) is 2.03. The molecule has 0 aromatic carbocycles. The van der Waals surface area contributed by atoms with E-state index in [0.717, 1.165) is 6.42 Å². The van der Waals surface area contributed by atoms with Gasteiger partial charge in [-0.05, 0) is 26.2 Å². The maximum absolute atomic E-state index is 11.5. The minimum absolute atomic E-state index is 0.216. The average molecular weight is 176 g/mol. The minimum Gasteiger partial charge on any atom is -0.341 e. The molecule has 0 aliphatic heterocycles. The van der Waals surface area contributed by atoms with Gasteiger partial charge in [0.25, 0.3) is 0 Å². The lowest BCUT2D eigenvalue weighted by molar-refractivity contribution is -0.132. The van der Waals surface area contributed by atoms with E-state index in [0.29, 0.717) is 12.8 Å². The molecule has 3 heteroatoms. The van der Waals surface area contributed by atoms with Crippen molar-refractivity contribution in [2.24, 2.45) is 5.41 Å². The SMILES string of the molecule is C#CC(C)NC(=O)C1(C#N)CCC1. The molecule has 0 spiro atoms. The molecule has 1 N–H and O–H groups in total. The quantitative estimate of drug-likeness (QED) is 0.633. The molecule has 1 amide bonds. The van der Waals surface area contributed by atoms with E-state index < -0.39 is 5.41 Å². The number of carbonyl (C=O) groups excluding carboxylic acids is 1. The second-order valence-corrected chi connectivity index (χ2v) is 3.41. The molecule has 0 heterocycles. The van der Waals surface area contributed by atoms with Crippen LogP contribution in [-0.2, 0) is 4.79 Å². The number of hydrogen-bond donors (Lipinski definition) is 1. The van der Waals surface area contributed by atoms with Gasteiger partial charge in [0.15, 0.2) is 0 Å². The third kappa shape index (κ3) is 1.65. The zero-order valence-corrected chi connectivity index (χ0v) is 7.63. The molecule has 68 valence electrons. The number of nitrogens with one attached hydrogen (secondary N) is 1. The van der Waals surface area contributed by atoms with E-state index in [1.165, 1.54) is 0 Å². The maximum atomic E-state index is 11.5. The van der Waals surface area contributed by atoms with Crippen molar-refractivity contribution in [2.45, 2.75) is 32.2 Å². The van der Waals surface area contributed by atoms with Crippen molar-refractivity contribution in [2.75, 3.05) is 0 Å². The smallest absolute Gasteiger partial charge is 0.241 e. The van der Waals surface area contributed by atoms with Crippen LogP contribution in [0.3, 0.4) is 0 Å². The molecule has 0 aromatic heterocycles. The van der Waals surface area contributed by atoms with Gasteiger partial charge >= 0.3 is 0 Å². The van der Waals surface area contributed by atoms with Gasteiger partial charge < -0.3 is 5.32 Å². The number of hydrogen-bond acceptors (Lipinski definition) is 2. The lowest BCUT2D eigenvalue weighted by Crippen LogP contribution is -2.47. The Morgan fingerprint density at radius 2 is 2.31 bits per heavy atom. The fraction of sp³-hybridized carbons (Fsp3) is 0.600. The highest BCUT2D eigenvalue weighted by Crippen LogP contribution is 2.40. The first-order chi connectivity index (χ1) is 6.14. The van der Waals surface area contributed by atoms with Crippen LogP contribution in [0.4, 0.5) is 0 Å². The molecule has 0 saturated heterocycles. The summed E-state index contributed by atoms with van der Waals surface area (Å²) in [6.07, 6.45) is 7.39. The van der Waals surface area contributed by atoms with E-state index in [2.05, 4.69) is 17.3 Å². The third-order valence-corrected chi connectivity index (χ3v) is 2.45. The highest BCUT2D eigenvalue weighted by Gasteiger charge is 2.44. The fourth-order valence-electron chi connectivity index (χ4n) is 1.30. The molecule has 1 unspecified atom stereocenters. The lowest BCUT2D eigenvalue weighted by Gasteiger charge is -2.33. The van der Waals surface area contributed by atoms with Crippen LogP contribution in [0.5, 0.6) is 0 Å². The molecule has 0 radical (unpaired) electrons. The van der Waals surface area contributed by atoms with Gasteiger partial charge in [-0.15, -0.1) is 6.42 Å². The molecule has 1 aliphatic carbocycles. The fourth-order valence-corrected chi connectivity index (χ4v) is 1.30. The van der Waals surface area contributed by atoms with Crippen LogP contribution in [0.2, 0.25) is 0 Å². The molecule has 0 bridgehead atoms. The van der Waals surface area contributed by atoms with Crippen molar-refractivity contribution in [1.82, 2.24) is 5.32 Å². The Labute approximate surface area is 78.1 Å². The standard InChI is InChI=1S/C10H12N2O/c1-3-8(2)12-9(13)10(7-11)5-4-6-10/h1,8H,4-6H2,2H3,(H,12,13). The van der Waals surface area contributed by atoms with Crippen LogP contribution >= 0.6 is 0 Å². The second-order valence-electron chi connectivity index (χ2n) is 3.41. The highest BCUT2D eigenvalue weighted by atomic mass is 16.2. The number of terminal acetylenes is 1. The van der Waals surface area contributed by atoms with E-state index in [1.807, 2.05) is 0 Å². The van der Waals surface area contributed by atoms with Gasteiger partial charge in [-0.3, -0.25) is 4.79 Å². The summed E-state index contributed by atoms with van der Waals surface area (Å²) in [5.41, 5.74) is -0.787. The molecule has 13 heavy (non-hydrogen) atoms. The predicted octanol–water partition coefficient (Wildman–Crippen LogP) is 0.818. The summed E-state index contributed by atoms with van der Waals surface area (Å²) in [5.74, 6) is 2.18. The van der Waals surface area contributed by atoms with Crippen LogP contribution in [0.1, 0.15) is 26.2 Å². The minimum atomic E-state index is -0.787. The molecule has 1 atom stereocenters. The van der Waals surface area contributed by atoms with Crippen molar-refractivity contribution in [3.63, 3.8) is 0 Å². The number of carbonyl (C=O) groups is 1. The van der Waals surface area contributed by atoms with Crippen molar-refractivity contribution in [3.05, 3.63) is 0 Å². The number of rotatable bonds is 2. The zero-order valence-electron chi connectivity index (χ0n) is 7.63. The van der Waals surface area contributed by atoms with E-state index in [1.54, 1.807) is 6.92 Å². The van der Waals surface area contributed by atoms with Crippen LogP contribution in [-0.4, -0.2) is 11.9 Å². The van der Waals surface area contributed by atoms with Gasteiger partial charge in [-0.1, -0.05) is 5.92 Å². The van der Waals surface area contributed by atoms with Crippen molar-refractivity contribution in [3.8, 4) is 18.4 Å². The molecule has 1 rings (SSSR count). The molecular weight excluding hydrogens is 164 g/mol. The summed E-state index contributed by atoms with van der Waals surface area (Å²) in [7, 11) is 0. The highest BCUT2D eigenvalue weighted by molar-refractivity contribution is 5.86.